The maximum atomic E-state index is 13.0. The fraction of sp³-hybridized carbons (Fsp3) is 0.565. The first-order chi connectivity index (χ1) is 14.9. The van der Waals surface area contributed by atoms with Crippen LogP contribution in [0.5, 0.6) is 0 Å². The van der Waals surface area contributed by atoms with Crippen LogP contribution in [0.3, 0.4) is 0 Å². The summed E-state index contributed by atoms with van der Waals surface area (Å²) in [6, 6.07) is 6.93. The van der Waals surface area contributed by atoms with Crippen molar-refractivity contribution in [3.05, 3.63) is 24.3 Å². The fourth-order valence-electron chi connectivity index (χ4n) is 3.96. The van der Waals surface area contributed by atoms with E-state index in [4.69, 9.17) is 0 Å². The van der Waals surface area contributed by atoms with Crippen molar-refractivity contribution in [1.29, 1.82) is 0 Å². The molecule has 1 aliphatic rings. The average Bonchev–Trinajstić information content (AvgIpc) is 3.14. The predicted molar refractivity (Wildman–Crippen MR) is 124 cm³/mol. The lowest BCUT2D eigenvalue weighted by atomic mass is 10.0. The number of para-hydroxylation sites is 1. The number of hydrogen-bond acceptors (Lipinski definition) is 6. The number of anilines is 1. The summed E-state index contributed by atoms with van der Waals surface area (Å²) in [5.74, 6) is -0.147. The Bertz CT molecular complexity index is 880. The lowest BCUT2D eigenvalue weighted by Crippen LogP contribution is -2.53. The van der Waals surface area contributed by atoms with Gasteiger partial charge in [-0.25, -0.2) is 4.98 Å². The number of carbonyl (C=O) groups excluding carboxylic acids is 3. The van der Waals surface area contributed by atoms with E-state index in [1.165, 1.54) is 11.3 Å². The quantitative estimate of drug-likeness (QED) is 0.545. The topological polar surface area (TPSA) is 91.4 Å². The van der Waals surface area contributed by atoms with E-state index in [-0.39, 0.29) is 23.6 Å². The molecule has 1 unspecified atom stereocenters. The third-order valence-corrected chi connectivity index (χ3v) is 6.70. The van der Waals surface area contributed by atoms with Gasteiger partial charge in [-0.05, 0) is 58.3 Å². The first-order valence-electron chi connectivity index (χ1n) is 11.1. The van der Waals surface area contributed by atoms with Crippen LogP contribution < -0.4 is 10.6 Å². The minimum Gasteiger partial charge on any atom is -0.343 e. The van der Waals surface area contributed by atoms with Crippen LogP contribution >= 0.6 is 11.3 Å². The molecule has 31 heavy (non-hydrogen) atoms. The number of Topliss-reactive ketones (excluding diaryl/α,β-unsaturated/α-hetero) is 1. The molecule has 8 heteroatoms. The summed E-state index contributed by atoms with van der Waals surface area (Å²) in [6.45, 7) is 2.49. The molecule has 1 fully saturated rings. The number of carbonyl (C=O) groups is 3. The van der Waals surface area contributed by atoms with Gasteiger partial charge in [-0.15, -0.1) is 0 Å². The number of nitrogens with zero attached hydrogens (tertiary/aromatic N) is 2. The minimum atomic E-state index is -0.618. The summed E-state index contributed by atoms with van der Waals surface area (Å²) in [5.41, 5.74) is 0.844. The van der Waals surface area contributed by atoms with Crippen LogP contribution in [0.1, 0.15) is 58.3 Å². The lowest BCUT2D eigenvalue weighted by molar-refractivity contribution is -0.131. The second-order valence-electron chi connectivity index (χ2n) is 8.33. The Labute approximate surface area is 187 Å². The van der Waals surface area contributed by atoms with Gasteiger partial charge in [0, 0.05) is 6.42 Å². The molecular weight excluding hydrogens is 412 g/mol. The van der Waals surface area contributed by atoms with E-state index in [1.807, 2.05) is 31.3 Å². The van der Waals surface area contributed by atoms with E-state index >= 15 is 0 Å². The van der Waals surface area contributed by atoms with E-state index < -0.39 is 6.04 Å². The number of fused-ring (bicyclic) bond motifs is 1. The van der Waals surface area contributed by atoms with Gasteiger partial charge in [-0.1, -0.05) is 42.7 Å². The molecular formula is C23H32N4O3S. The Kier molecular flexibility index (Phi) is 8.54. The maximum absolute atomic E-state index is 13.0. The number of benzene rings is 1. The molecule has 168 valence electrons. The van der Waals surface area contributed by atoms with Gasteiger partial charge >= 0.3 is 0 Å². The van der Waals surface area contributed by atoms with Crippen molar-refractivity contribution in [1.82, 2.24) is 15.2 Å². The molecule has 2 atom stereocenters. The van der Waals surface area contributed by atoms with Crippen LogP contribution in [0.25, 0.3) is 10.2 Å². The maximum Gasteiger partial charge on any atom is 0.248 e. The van der Waals surface area contributed by atoms with E-state index in [1.54, 1.807) is 6.92 Å². The number of thiazole rings is 1. The molecule has 2 heterocycles. The molecule has 1 saturated heterocycles. The molecule has 0 aliphatic carbocycles. The van der Waals surface area contributed by atoms with Crippen LogP contribution in [0.2, 0.25) is 0 Å². The smallest absolute Gasteiger partial charge is 0.248 e. The van der Waals surface area contributed by atoms with Crippen molar-refractivity contribution in [3.63, 3.8) is 0 Å². The Balaban J connectivity index is 1.63. The second kappa shape index (κ2) is 11.3. The zero-order valence-corrected chi connectivity index (χ0v) is 19.2. The number of ketones is 1. The number of nitrogens with one attached hydrogen (secondary N) is 2. The molecule has 1 aliphatic heterocycles. The minimum absolute atomic E-state index is 0.0876. The van der Waals surface area contributed by atoms with Crippen molar-refractivity contribution in [2.24, 2.45) is 0 Å². The Morgan fingerprint density at radius 2 is 2.00 bits per heavy atom. The summed E-state index contributed by atoms with van der Waals surface area (Å²) >= 11 is 1.42. The van der Waals surface area contributed by atoms with Gasteiger partial charge in [0.1, 0.15) is 11.8 Å². The molecule has 1 aromatic carbocycles. The van der Waals surface area contributed by atoms with Crippen LogP contribution in [0.4, 0.5) is 5.13 Å². The normalized spacial score (nSPS) is 17.9. The standard InChI is InChI=1S/C23H32N4O3S/c1-16(28)10-4-3-5-12-18(24-22(30)19-13-8-9-15-27(19)2)21(29)26-23-25-17-11-6-7-14-20(17)31-23/h6-7,11,14,18-19H,3-5,8-10,12-13,15H2,1-2H3,(H,24,30)(H,25,26,29)/t18-,19?/m0/s1. The molecule has 2 aromatic rings. The molecule has 3 rings (SSSR count). The number of aromatic nitrogens is 1. The molecule has 0 bridgehead atoms. The summed E-state index contributed by atoms with van der Waals surface area (Å²) in [4.78, 5) is 43.6. The number of hydrogen-bond donors (Lipinski definition) is 2. The highest BCUT2D eigenvalue weighted by Gasteiger charge is 2.29. The first-order valence-corrected chi connectivity index (χ1v) is 11.9. The Hall–Kier alpha value is -2.32. The van der Waals surface area contributed by atoms with Gasteiger partial charge in [-0.3, -0.25) is 14.5 Å². The number of amides is 2. The third-order valence-electron chi connectivity index (χ3n) is 5.75. The van der Waals surface area contributed by atoms with Crippen LogP contribution in [-0.4, -0.2) is 53.2 Å². The molecule has 1 aromatic heterocycles. The predicted octanol–water partition coefficient (Wildman–Crippen LogP) is 3.74. The van der Waals surface area contributed by atoms with E-state index in [2.05, 4.69) is 20.5 Å². The average molecular weight is 445 g/mol. The van der Waals surface area contributed by atoms with E-state index in [0.29, 0.717) is 18.0 Å². The van der Waals surface area contributed by atoms with Crippen molar-refractivity contribution in [2.45, 2.75) is 70.4 Å². The summed E-state index contributed by atoms with van der Waals surface area (Å²) < 4.78 is 1.01. The number of unbranched alkanes of at least 4 members (excludes halogenated alkanes) is 2. The molecule has 0 saturated carbocycles. The Morgan fingerprint density at radius 3 is 2.74 bits per heavy atom. The highest BCUT2D eigenvalue weighted by molar-refractivity contribution is 7.22. The van der Waals surface area contributed by atoms with Crippen LogP contribution in [0, 0.1) is 0 Å². The molecule has 7 nitrogen and oxygen atoms in total. The van der Waals surface area contributed by atoms with E-state index in [0.717, 1.165) is 55.3 Å². The molecule has 0 radical (unpaired) electrons. The van der Waals surface area contributed by atoms with Crippen LogP contribution in [0.15, 0.2) is 24.3 Å². The van der Waals surface area contributed by atoms with Gasteiger partial charge in [0.2, 0.25) is 11.8 Å². The zero-order valence-electron chi connectivity index (χ0n) is 18.4. The zero-order chi connectivity index (χ0) is 22.2. The van der Waals surface area contributed by atoms with Gasteiger partial charge in [0.25, 0.3) is 0 Å². The van der Waals surface area contributed by atoms with Gasteiger partial charge < -0.3 is 15.4 Å². The van der Waals surface area contributed by atoms with Gasteiger partial charge in [0.15, 0.2) is 5.13 Å². The molecule has 2 N–H and O–H groups in total. The molecule has 2 amide bonds. The number of likely N-dealkylation sites (tertiary alicyclic amines) is 1. The first kappa shape index (κ1) is 23.3. The van der Waals surface area contributed by atoms with Crippen LogP contribution in [-0.2, 0) is 14.4 Å². The number of rotatable bonds is 10. The summed E-state index contributed by atoms with van der Waals surface area (Å²) in [5, 5.41) is 6.42. The van der Waals surface area contributed by atoms with Crippen molar-refractivity contribution in [3.8, 4) is 0 Å². The Morgan fingerprint density at radius 1 is 1.19 bits per heavy atom. The van der Waals surface area contributed by atoms with Crippen molar-refractivity contribution >= 4 is 44.3 Å². The largest absolute Gasteiger partial charge is 0.343 e. The van der Waals surface area contributed by atoms with Crippen molar-refractivity contribution in [2.75, 3.05) is 18.9 Å². The highest BCUT2D eigenvalue weighted by atomic mass is 32.1. The third kappa shape index (κ3) is 6.83. The SMILES string of the molecule is CC(=O)CCCCC[C@H](NC(=O)C1CCCCN1C)C(=O)Nc1nc2ccccc2s1. The van der Waals surface area contributed by atoms with Gasteiger partial charge in [0.05, 0.1) is 16.3 Å². The van der Waals surface area contributed by atoms with E-state index in [9.17, 15) is 14.4 Å². The second-order valence-corrected chi connectivity index (χ2v) is 9.36. The summed E-state index contributed by atoms with van der Waals surface area (Å²) in [7, 11) is 1.96. The molecule has 0 spiro atoms. The van der Waals surface area contributed by atoms with Crippen molar-refractivity contribution < 1.29 is 14.4 Å². The highest BCUT2D eigenvalue weighted by Crippen LogP contribution is 2.25. The fourth-order valence-corrected chi connectivity index (χ4v) is 4.83. The monoisotopic (exact) mass is 444 g/mol. The lowest BCUT2D eigenvalue weighted by Gasteiger charge is -2.32. The number of piperidine rings is 1. The van der Waals surface area contributed by atoms with Gasteiger partial charge in [-0.2, -0.15) is 0 Å². The number of likely N-dealkylation sites (N-methyl/N-ethyl adjacent to an activating group) is 1. The summed E-state index contributed by atoms with van der Waals surface area (Å²) in [6.07, 6.45) is 6.45.